The topological polar surface area (TPSA) is 35.2 Å². The molecule has 3 rings (SSSR count). The number of nitrogens with two attached hydrogens (primary N) is 1. The molecule has 0 radical (unpaired) electrons. The van der Waals surface area contributed by atoms with Gasteiger partial charge in [0.2, 0.25) is 0 Å². The van der Waals surface area contributed by atoms with E-state index in [0.29, 0.717) is 11.5 Å². The van der Waals surface area contributed by atoms with Crippen LogP contribution in [0.2, 0.25) is 0 Å². The van der Waals surface area contributed by atoms with Crippen LogP contribution in [0.4, 0.5) is 0 Å². The first kappa shape index (κ1) is 18.3. The Bertz CT molecular complexity index is 728. The summed E-state index contributed by atoms with van der Waals surface area (Å²) in [6, 6.07) is 12.9. The van der Waals surface area contributed by atoms with Crippen molar-refractivity contribution in [3.63, 3.8) is 0 Å². The highest BCUT2D eigenvalue weighted by Gasteiger charge is 2.30. The third-order valence-electron chi connectivity index (χ3n) is 5.76. The molecule has 0 aliphatic heterocycles. The van der Waals surface area contributed by atoms with Crippen molar-refractivity contribution < 1.29 is 4.74 Å². The van der Waals surface area contributed by atoms with Crippen molar-refractivity contribution in [3.05, 3.63) is 42.0 Å². The number of benzene rings is 2. The predicted molar refractivity (Wildman–Crippen MR) is 107 cm³/mol. The summed E-state index contributed by atoms with van der Waals surface area (Å²) in [4.78, 5) is 0. The maximum Gasteiger partial charge on any atom is 0.120 e. The van der Waals surface area contributed by atoms with Gasteiger partial charge in [-0.3, -0.25) is 0 Å². The van der Waals surface area contributed by atoms with Crippen LogP contribution >= 0.6 is 0 Å². The summed E-state index contributed by atoms with van der Waals surface area (Å²) in [5, 5.41) is 2.44. The lowest BCUT2D eigenvalue weighted by molar-refractivity contribution is 0.0883. The van der Waals surface area contributed by atoms with E-state index in [9.17, 15) is 0 Å². The van der Waals surface area contributed by atoms with Gasteiger partial charge >= 0.3 is 0 Å². The maximum absolute atomic E-state index is 6.30. The van der Waals surface area contributed by atoms with E-state index < -0.39 is 0 Å². The van der Waals surface area contributed by atoms with Gasteiger partial charge in [0.25, 0.3) is 0 Å². The predicted octanol–water partition coefficient (Wildman–Crippen LogP) is 6.02. The molecule has 0 atom stereocenters. The molecule has 25 heavy (non-hydrogen) atoms. The number of rotatable bonds is 3. The fourth-order valence-corrected chi connectivity index (χ4v) is 3.94. The van der Waals surface area contributed by atoms with Crippen LogP contribution in [0.3, 0.4) is 0 Å². The van der Waals surface area contributed by atoms with Crippen LogP contribution in [0.15, 0.2) is 36.4 Å². The van der Waals surface area contributed by atoms with E-state index in [1.807, 2.05) is 13.8 Å². The standard InChI is InChI=1S/C23H33NO/c1-22(2,3)18-9-12-20(13-10-18)25-21-11-7-16-14-19(23(4,5)24)8-6-17(16)15-21/h6-8,11,14-15,18,20H,9-10,12-13,24H2,1-5H3/t18-,20-. The molecule has 136 valence electrons. The zero-order valence-electron chi connectivity index (χ0n) is 16.4. The smallest absolute Gasteiger partial charge is 0.120 e. The Kier molecular flexibility index (Phi) is 4.85. The molecule has 2 aromatic rings. The molecular weight excluding hydrogens is 306 g/mol. The SMILES string of the molecule is CC(C)(N)c1ccc2cc(O[C@H]3CC[C@H](C(C)(C)C)CC3)ccc2c1. The minimum Gasteiger partial charge on any atom is -0.490 e. The quantitative estimate of drug-likeness (QED) is 0.742. The second-order valence-electron chi connectivity index (χ2n) is 9.40. The van der Waals surface area contributed by atoms with Gasteiger partial charge in [0, 0.05) is 5.54 Å². The molecule has 1 aliphatic carbocycles. The molecule has 2 heteroatoms. The molecule has 0 amide bonds. The lowest BCUT2D eigenvalue weighted by atomic mass is 9.72. The van der Waals surface area contributed by atoms with Crippen LogP contribution in [0.1, 0.15) is 65.9 Å². The fraction of sp³-hybridized carbons (Fsp3) is 0.565. The van der Waals surface area contributed by atoms with Crippen molar-refractivity contribution in [1.29, 1.82) is 0 Å². The highest BCUT2D eigenvalue weighted by atomic mass is 16.5. The zero-order chi connectivity index (χ0) is 18.2. The first-order valence-corrected chi connectivity index (χ1v) is 9.63. The highest BCUT2D eigenvalue weighted by molar-refractivity contribution is 5.84. The van der Waals surface area contributed by atoms with Crippen molar-refractivity contribution in [2.24, 2.45) is 17.1 Å². The van der Waals surface area contributed by atoms with E-state index in [4.69, 9.17) is 10.5 Å². The molecular formula is C23H33NO. The Morgan fingerprint density at radius 3 is 2.04 bits per heavy atom. The molecule has 2 N–H and O–H groups in total. The average molecular weight is 340 g/mol. The largest absolute Gasteiger partial charge is 0.490 e. The number of hydrogen-bond donors (Lipinski definition) is 1. The normalized spacial score (nSPS) is 22.2. The van der Waals surface area contributed by atoms with E-state index in [1.165, 1.54) is 36.5 Å². The first-order chi connectivity index (χ1) is 11.6. The summed E-state index contributed by atoms with van der Waals surface area (Å²) >= 11 is 0. The Hall–Kier alpha value is -1.54. The van der Waals surface area contributed by atoms with Crippen LogP contribution in [0, 0.1) is 11.3 Å². The van der Waals surface area contributed by atoms with Crippen LogP contribution < -0.4 is 10.5 Å². The van der Waals surface area contributed by atoms with Crippen LogP contribution in [0.25, 0.3) is 10.8 Å². The summed E-state index contributed by atoms with van der Waals surface area (Å²) in [6.45, 7) is 11.2. The molecule has 0 bridgehead atoms. The van der Waals surface area contributed by atoms with E-state index in [-0.39, 0.29) is 5.54 Å². The van der Waals surface area contributed by atoms with Gasteiger partial charge in [-0.1, -0.05) is 39.0 Å². The van der Waals surface area contributed by atoms with Gasteiger partial charge in [-0.25, -0.2) is 0 Å². The summed E-state index contributed by atoms with van der Waals surface area (Å²) in [6.07, 6.45) is 5.24. The van der Waals surface area contributed by atoms with Crippen LogP contribution in [-0.4, -0.2) is 6.10 Å². The third kappa shape index (κ3) is 4.36. The van der Waals surface area contributed by atoms with Crippen molar-refractivity contribution in [3.8, 4) is 5.75 Å². The summed E-state index contributed by atoms with van der Waals surface area (Å²) in [5.41, 5.74) is 7.49. The molecule has 1 saturated carbocycles. The monoisotopic (exact) mass is 339 g/mol. The van der Waals surface area contributed by atoms with Crippen molar-refractivity contribution in [2.75, 3.05) is 0 Å². The Morgan fingerprint density at radius 2 is 1.44 bits per heavy atom. The molecule has 0 aromatic heterocycles. The molecule has 0 heterocycles. The van der Waals surface area contributed by atoms with Gasteiger partial charge in [0.15, 0.2) is 0 Å². The van der Waals surface area contributed by atoms with Crippen molar-refractivity contribution in [1.82, 2.24) is 0 Å². The number of fused-ring (bicyclic) bond motifs is 1. The molecule has 0 saturated heterocycles. The second-order valence-corrected chi connectivity index (χ2v) is 9.40. The first-order valence-electron chi connectivity index (χ1n) is 9.63. The van der Waals surface area contributed by atoms with Crippen LogP contribution in [-0.2, 0) is 5.54 Å². The van der Waals surface area contributed by atoms with E-state index in [1.54, 1.807) is 0 Å². The summed E-state index contributed by atoms with van der Waals surface area (Å²) < 4.78 is 6.30. The molecule has 1 aliphatic rings. The Balaban J connectivity index is 1.69. The average Bonchev–Trinajstić information content (AvgIpc) is 2.53. The lowest BCUT2D eigenvalue weighted by Crippen LogP contribution is -2.30. The van der Waals surface area contributed by atoms with E-state index >= 15 is 0 Å². The van der Waals surface area contributed by atoms with E-state index in [2.05, 4.69) is 57.2 Å². The van der Waals surface area contributed by atoms with Crippen LogP contribution in [0.5, 0.6) is 5.75 Å². The molecule has 0 unspecified atom stereocenters. The summed E-state index contributed by atoms with van der Waals surface area (Å²) in [7, 11) is 0. The number of ether oxygens (including phenoxy) is 1. The van der Waals surface area contributed by atoms with Gasteiger partial charge < -0.3 is 10.5 Å². The minimum atomic E-state index is -0.310. The van der Waals surface area contributed by atoms with Gasteiger partial charge in [-0.15, -0.1) is 0 Å². The van der Waals surface area contributed by atoms with Gasteiger partial charge in [0.05, 0.1) is 6.10 Å². The Labute approximate surface area is 152 Å². The molecule has 0 spiro atoms. The fourth-order valence-electron chi connectivity index (χ4n) is 3.94. The summed E-state index contributed by atoms with van der Waals surface area (Å²) in [5.74, 6) is 1.81. The highest BCUT2D eigenvalue weighted by Crippen LogP contribution is 2.39. The second kappa shape index (κ2) is 6.64. The number of hydrogen-bond acceptors (Lipinski definition) is 2. The molecule has 1 fully saturated rings. The maximum atomic E-state index is 6.30. The van der Waals surface area contributed by atoms with Crippen molar-refractivity contribution in [2.45, 2.75) is 71.9 Å². The lowest BCUT2D eigenvalue weighted by Gasteiger charge is -2.37. The van der Waals surface area contributed by atoms with Gasteiger partial charge in [-0.05, 0) is 85.4 Å². The Morgan fingerprint density at radius 1 is 0.840 bits per heavy atom. The van der Waals surface area contributed by atoms with Gasteiger partial charge in [-0.2, -0.15) is 0 Å². The molecule has 2 nitrogen and oxygen atoms in total. The van der Waals surface area contributed by atoms with E-state index in [0.717, 1.165) is 17.2 Å². The minimum absolute atomic E-state index is 0.310. The van der Waals surface area contributed by atoms with Crippen molar-refractivity contribution >= 4 is 10.8 Å². The molecule has 2 aromatic carbocycles. The third-order valence-corrected chi connectivity index (χ3v) is 5.76. The zero-order valence-corrected chi connectivity index (χ0v) is 16.4. The van der Waals surface area contributed by atoms with Gasteiger partial charge in [0.1, 0.15) is 5.75 Å².